The molecule has 3 rings (SSSR count). The van der Waals surface area contributed by atoms with Crippen molar-refractivity contribution < 1.29 is 4.74 Å². The summed E-state index contributed by atoms with van der Waals surface area (Å²) < 4.78 is 8.50. The van der Waals surface area contributed by atoms with Crippen molar-refractivity contribution >= 4 is 22.6 Å². The minimum Gasteiger partial charge on any atom is -0.497 e. The molecular weight excluding hydrogens is 276 g/mol. The molecular formula is C15H13ClN2O2. The highest BCUT2D eigenvalue weighted by atomic mass is 35.5. The van der Waals surface area contributed by atoms with Crippen LogP contribution in [0, 0.1) is 0 Å². The number of benzene rings is 2. The average Bonchev–Trinajstić information content (AvgIpc) is 2.72. The van der Waals surface area contributed by atoms with E-state index < -0.39 is 0 Å². The molecule has 0 aliphatic heterocycles. The molecule has 0 atom stereocenters. The van der Waals surface area contributed by atoms with E-state index in [0.29, 0.717) is 10.8 Å². The van der Waals surface area contributed by atoms with Gasteiger partial charge in [-0.2, -0.15) is 0 Å². The van der Waals surface area contributed by atoms with Gasteiger partial charge in [-0.15, -0.1) is 0 Å². The zero-order valence-corrected chi connectivity index (χ0v) is 11.9. The van der Waals surface area contributed by atoms with Crippen LogP contribution in [0.15, 0.2) is 47.3 Å². The number of fused-ring (bicyclic) bond motifs is 1. The summed E-state index contributed by atoms with van der Waals surface area (Å²) >= 11 is 5.90. The number of ether oxygens (including phenoxy) is 1. The van der Waals surface area contributed by atoms with Gasteiger partial charge in [-0.3, -0.25) is 9.13 Å². The molecule has 0 unspecified atom stereocenters. The van der Waals surface area contributed by atoms with Gasteiger partial charge in [0.05, 0.1) is 23.8 Å². The van der Waals surface area contributed by atoms with Gasteiger partial charge in [0, 0.05) is 18.1 Å². The number of hydrogen-bond donors (Lipinski definition) is 0. The minimum absolute atomic E-state index is 0.101. The number of aromatic nitrogens is 2. The Morgan fingerprint density at radius 2 is 1.75 bits per heavy atom. The number of hydrogen-bond acceptors (Lipinski definition) is 2. The lowest BCUT2D eigenvalue weighted by molar-refractivity contribution is 0.415. The Morgan fingerprint density at radius 1 is 1.05 bits per heavy atom. The van der Waals surface area contributed by atoms with Gasteiger partial charge in [0.1, 0.15) is 5.75 Å². The second-order valence-corrected chi connectivity index (χ2v) is 4.94. The molecule has 0 N–H and O–H groups in total. The Bertz CT molecular complexity index is 831. The monoisotopic (exact) mass is 288 g/mol. The van der Waals surface area contributed by atoms with Gasteiger partial charge < -0.3 is 4.74 Å². The quantitative estimate of drug-likeness (QED) is 0.727. The molecule has 0 amide bonds. The summed E-state index contributed by atoms with van der Waals surface area (Å²) in [5.41, 5.74) is 2.33. The molecule has 0 spiro atoms. The molecule has 5 heteroatoms. The fraction of sp³-hybridized carbons (Fsp3) is 0.133. The first-order valence-corrected chi connectivity index (χ1v) is 6.51. The lowest BCUT2D eigenvalue weighted by Gasteiger charge is -2.04. The molecule has 0 aliphatic carbocycles. The molecule has 0 saturated carbocycles. The van der Waals surface area contributed by atoms with Crippen LogP contribution in [0.2, 0.25) is 5.02 Å². The number of imidazole rings is 1. The van der Waals surface area contributed by atoms with Gasteiger partial charge in [-0.05, 0) is 36.4 Å². The first-order valence-electron chi connectivity index (χ1n) is 6.13. The molecule has 0 fully saturated rings. The van der Waals surface area contributed by atoms with Gasteiger partial charge in [-0.1, -0.05) is 11.6 Å². The van der Waals surface area contributed by atoms with E-state index in [1.54, 1.807) is 35.4 Å². The number of nitrogens with zero attached hydrogens (tertiary/aromatic N) is 2. The molecule has 20 heavy (non-hydrogen) atoms. The Labute approximate surface area is 120 Å². The summed E-state index contributed by atoms with van der Waals surface area (Å²) in [4.78, 5) is 12.4. The fourth-order valence-corrected chi connectivity index (χ4v) is 2.41. The molecule has 4 nitrogen and oxygen atoms in total. The van der Waals surface area contributed by atoms with E-state index in [-0.39, 0.29) is 5.69 Å². The normalized spacial score (nSPS) is 10.9. The van der Waals surface area contributed by atoms with Crippen molar-refractivity contribution in [3.63, 3.8) is 0 Å². The van der Waals surface area contributed by atoms with E-state index in [2.05, 4.69) is 0 Å². The van der Waals surface area contributed by atoms with Gasteiger partial charge in [0.25, 0.3) is 0 Å². The molecule has 0 saturated heterocycles. The van der Waals surface area contributed by atoms with Crippen LogP contribution >= 0.6 is 11.6 Å². The minimum atomic E-state index is -0.101. The lowest BCUT2D eigenvalue weighted by Crippen LogP contribution is -2.20. The molecule has 3 aromatic rings. The maximum Gasteiger partial charge on any atom is 0.333 e. The lowest BCUT2D eigenvalue weighted by atomic mass is 10.2. The number of halogens is 1. The van der Waals surface area contributed by atoms with Crippen molar-refractivity contribution in [2.45, 2.75) is 0 Å². The van der Waals surface area contributed by atoms with Gasteiger partial charge in [0.15, 0.2) is 0 Å². The molecule has 102 valence electrons. The molecule has 2 aromatic carbocycles. The summed E-state index contributed by atoms with van der Waals surface area (Å²) in [5.74, 6) is 0.714. The third-order valence-corrected chi connectivity index (χ3v) is 3.60. The van der Waals surface area contributed by atoms with E-state index in [0.717, 1.165) is 16.7 Å². The van der Waals surface area contributed by atoms with Crippen LogP contribution in [0.25, 0.3) is 16.7 Å². The second-order valence-electron chi connectivity index (χ2n) is 4.51. The molecule has 0 bridgehead atoms. The SMILES string of the molecule is COc1ccc2c(c1)n(-c1ccc(Cl)cc1)c(=O)n2C. The predicted octanol–water partition coefficient (Wildman–Crippen LogP) is 2.99. The average molecular weight is 289 g/mol. The number of rotatable bonds is 2. The molecule has 1 aromatic heterocycles. The van der Waals surface area contributed by atoms with E-state index in [1.165, 1.54) is 0 Å². The van der Waals surface area contributed by atoms with Gasteiger partial charge in [0.2, 0.25) is 0 Å². The van der Waals surface area contributed by atoms with Crippen molar-refractivity contribution in [1.82, 2.24) is 9.13 Å². The molecule has 1 heterocycles. The van der Waals surface area contributed by atoms with Crippen LogP contribution in [-0.4, -0.2) is 16.2 Å². The maximum absolute atomic E-state index is 12.4. The first kappa shape index (κ1) is 12.8. The van der Waals surface area contributed by atoms with Crippen molar-refractivity contribution in [3.05, 3.63) is 58.0 Å². The third kappa shape index (κ3) is 1.89. The predicted molar refractivity (Wildman–Crippen MR) is 80.1 cm³/mol. The van der Waals surface area contributed by atoms with Crippen LogP contribution in [0.3, 0.4) is 0 Å². The van der Waals surface area contributed by atoms with E-state index >= 15 is 0 Å². The summed E-state index contributed by atoms with van der Waals surface area (Å²) in [5, 5.41) is 0.639. The van der Waals surface area contributed by atoms with Crippen LogP contribution in [0.1, 0.15) is 0 Å². The maximum atomic E-state index is 12.4. The highest BCUT2D eigenvalue weighted by molar-refractivity contribution is 6.30. The van der Waals surface area contributed by atoms with Gasteiger partial charge in [-0.25, -0.2) is 4.79 Å². The van der Waals surface area contributed by atoms with Crippen molar-refractivity contribution in [2.75, 3.05) is 7.11 Å². The van der Waals surface area contributed by atoms with Crippen LogP contribution in [-0.2, 0) is 7.05 Å². The smallest absolute Gasteiger partial charge is 0.333 e. The van der Waals surface area contributed by atoms with E-state index in [1.807, 2.05) is 30.3 Å². The van der Waals surface area contributed by atoms with Crippen LogP contribution in [0.4, 0.5) is 0 Å². The Hall–Kier alpha value is -2.20. The standard InChI is InChI=1S/C15H13ClN2O2/c1-17-13-8-7-12(20-2)9-14(13)18(15(17)19)11-5-3-10(16)4-6-11/h3-9H,1-2H3. The van der Waals surface area contributed by atoms with Crippen LogP contribution < -0.4 is 10.4 Å². The molecule has 0 aliphatic rings. The topological polar surface area (TPSA) is 36.2 Å². The Balaban J connectivity index is 2.36. The highest BCUT2D eigenvalue weighted by Gasteiger charge is 2.12. The van der Waals surface area contributed by atoms with Gasteiger partial charge >= 0.3 is 5.69 Å². The van der Waals surface area contributed by atoms with Crippen molar-refractivity contribution in [3.8, 4) is 11.4 Å². The second kappa shape index (κ2) is 4.72. The van der Waals surface area contributed by atoms with E-state index in [9.17, 15) is 4.79 Å². The summed E-state index contributed by atoms with van der Waals surface area (Å²) in [6, 6.07) is 12.7. The fourth-order valence-electron chi connectivity index (χ4n) is 2.29. The zero-order chi connectivity index (χ0) is 14.3. The van der Waals surface area contributed by atoms with Crippen molar-refractivity contribution in [1.29, 1.82) is 0 Å². The van der Waals surface area contributed by atoms with E-state index in [4.69, 9.17) is 16.3 Å². The first-order chi connectivity index (χ1) is 9.61. The number of methoxy groups -OCH3 is 1. The van der Waals surface area contributed by atoms with Crippen molar-refractivity contribution in [2.24, 2.45) is 7.05 Å². The largest absolute Gasteiger partial charge is 0.497 e. The van der Waals surface area contributed by atoms with Crippen LogP contribution in [0.5, 0.6) is 5.75 Å². The summed E-state index contributed by atoms with van der Waals surface area (Å²) in [6.45, 7) is 0. The Kier molecular flexibility index (Phi) is 3.03. The summed E-state index contributed by atoms with van der Waals surface area (Å²) in [7, 11) is 3.36. The Morgan fingerprint density at radius 3 is 2.40 bits per heavy atom. The summed E-state index contributed by atoms with van der Waals surface area (Å²) in [6.07, 6.45) is 0. The zero-order valence-electron chi connectivity index (χ0n) is 11.1. The number of aryl methyl sites for hydroxylation is 1. The molecule has 0 radical (unpaired) electrons. The third-order valence-electron chi connectivity index (χ3n) is 3.35. The highest BCUT2D eigenvalue weighted by Crippen LogP contribution is 2.23.